The molecule has 1 atom stereocenters. The van der Waals surface area contributed by atoms with Gasteiger partial charge in [0.25, 0.3) is 0 Å². The number of carboxylic acids is 2. The first-order valence-electron chi connectivity index (χ1n) is 5.40. The third kappa shape index (κ3) is 9.31. The summed E-state index contributed by atoms with van der Waals surface area (Å²) in [7, 11) is 0. The molecule has 1 amide bonds. The highest BCUT2D eigenvalue weighted by atomic mass is 16.4. The zero-order chi connectivity index (χ0) is 13.3. The smallest absolute Gasteiger partial charge is 0.305 e. The molecule has 0 aromatic rings. The summed E-state index contributed by atoms with van der Waals surface area (Å²) in [6, 6.07) is -1.04. The van der Waals surface area contributed by atoms with E-state index in [1.54, 1.807) is 0 Å². The lowest BCUT2D eigenvalue weighted by molar-refractivity contribution is -0.139. The van der Waals surface area contributed by atoms with Gasteiger partial charge in [0.1, 0.15) is 0 Å². The molecule has 0 fully saturated rings. The van der Waals surface area contributed by atoms with E-state index < -0.39 is 30.3 Å². The fourth-order valence-electron chi connectivity index (χ4n) is 1.20. The molecule has 0 bridgehead atoms. The van der Waals surface area contributed by atoms with Crippen molar-refractivity contribution in [1.29, 1.82) is 0 Å². The fourth-order valence-corrected chi connectivity index (χ4v) is 1.20. The lowest BCUT2D eigenvalue weighted by Crippen LogP contribution is -2.42. The molecule has 1 unspecified atom stereocenters. The minimum atomic E-state index is -1.12. The summed E-state index contributed by atoms with van der Waals surface area (Å²) in [5, 5.41) is 19.3. The Morgan fingerprint density at radius 3 is 2.24 bits per heavy atom. The molecule has 0 heterocycles. The van der Waals surface area contributed by atoms with Gasteiger partial charge in [0.2, 0.25) is 5.91 Å². The van der Waals surface area contributed by atoms with Gasteiger partial charge in [0, 0.05) is 13.0 Å². The number of aliphatic carboxylic acids is 2. The van der Waals surface area contributed by atoms with Crippen molar-refractivity contribution in [2.45, 2.75) is 38.1 Å². The SMILES string of the molecule is NC(CC(=O)O)C(=O)NCCCCCC(=O)O. The van der Waals surface area contributed by atoms with Gasteiger partial charge in [0.05, 0.1) is 12.5 Å². The van der Waals surface area contributed by atoms with Crippen molar-refractivity contribution >= 4 is 17.8 Å². The van der Waals surface area contributed by atoms with Crippen molar-refractivity contribution in [3.8, 4) is 0 Å². The molecular formula is C10H18N2O5. The number of carboxylic acid groups (broad SMARTS) is 2. The highest BCUT2D eigenvalue weighted by Gasteiger charge is 2.15. The van der Waals surface area contributed by atoms with Crippen LogP contribution in [0, 0.1) is 0 Å². The molecule has 0 radical (unpaired) electrons. The maximum Gasteiger partial charge on any atom is 0.305 e. The van der Waals surface area contributed by atoms with Crippen molar-refractivity contribution in [2.24, 2.45) is 5.73 Å². The van der Waals surface area contributed by atoms with E-state index in [4.69, 9.17) is 15.9 Å². The van der Waals surface area contributed by atoms with Crippen molar-refractivity contribution in [1.82, 2.24) is 5.32 Å². The van der Waals surface area contributed by atoms with Gasteiger partial charge in [-0.2, -0.15) is 0 Å². The van der Waals surface area contributed by atoms with E-state index in [-0.39, 0.29) is 6.42 Å². The number of rotatable bonds is 9. The first-order chi connectivity index (χ1) is 7.93. The van der Waals surface area contributed by atoms with E-state index in [9.17, 15) is 14.4 Å². The van der Waals surface area contributed by atoms with Gasteiger partial charge < -0.3 is 21.3 Å². The maximum atomic E-state index is 11.2. The summed E-state index contributed by atoms with van der Waals surface area (Å²) in [6.45, 7) is 0.381. The Morgan fingerprint density at radius 2 is 1.71 bits per heavy atom. The van der Waals surface area contributed by atoms with Crippen LogP contribution in [-0.2, 0) is 14.4 Å². The number of nitrogens with one attached hydrogen (secondary N) is 1. The van der Waals surface area contributed by atoms with Crippen LogP contribution in [0.25, 0.3) is 0 Å². The number of hydrogen-bond acceptors (Lipinski definition) is 4. The van der Waals surface area contributed by atoms with Crippen LogP contribution < -0.4 is 11.1 Å². The predicted octanol–water partition coefficient (Wildman–Crippen LogP) is -0.450. The second-order valence-electron chi connectivity index (χ2n) is 3.70. The van der Waals surface area contributed by atoms with Gasteiger partial charge in [-0.25, -0.2) is 0 Å². The summed E-state index contributed by atoms with van der Waals surface area (Å²) < 4.78 is 0. The number of hydrogen-bond donors (Lipinski definition) is 4. The Bertz CT molecular complexity index is 280. The largest absolute Gasteiger partial charge is 0.481 e. The summed E-state index contributed by atoms with van der Waals surface area (Å²) in [6.07, 6.45) is 1.63. The lowest BCUT2D eigenvalue weighted by Gasteiger charge is -2.09. The quantitative estimate of drug-likeness (QED) is 0.408. The van der Waals surface area contributed by atoms with E-state index in [2.05, 4.69) is 5.32 Å². The zero-order valence-corrected chi connectivity index (χ0v) is 9.52. The van der Waals surface area contributed by atoms with Crippen LogP contribution in [0.2, 0.25) is 0 Å². The molecule has 0 aliphatic rings. The molecule has 17 heavy (non-hydrogen) atoms. The van der Waals surface area contributed by atoms with Crippen molar-refractivity contribution in [3.05, 3.63) is 0 Å². The van der Waals surface area contributed by atoms with Crippen LogP contribution in [0.3, 0.4) is 0 Å². The molecule has 98 valence electrons. The standard InChI is InChI=1S/C10H18N2O5/c11-7(6-9(15)16)10(17)12-5-3-1-2-4-8(13)14/h7H,1-6,11H2,(H,12,17)(H,13,14)(H,15,16). The minimum absolute atomic E-state index is 0.118. The lowest BCUT2D eigenvalue weighted by atomic mass is 10.2. The third-order valence-electron chi connectivity index (χ3n) is 2.10. The number of carbonyl (C=O) groups excluding carboxylic acids is 1. The van der Waals surface area contributed by atoms with Crippen molar-refractivity contribution in [3.63, 3.8) is 0 Å². The Labute approximate surface area is 99.0 Å². The Kier molecular flexibility index (Phi) is 7.70. The number of nitrogens with two attached hydrogens (primary N) is 1. The zero-order valence-electron chi connectivity index (χ0n) is 9.52. The van der Waals surface area contributed by atoms with Crippen molar-refractivity contribution in [2.75, 3.05) is 6.54 Å². The highest BCUT2D eigenvalue weighted by Crippen LogP contribution is 1.98. The van der Waals surface area contributed by atoms with Crippen LogP contribution in [0.4, 0.5) is 0 Å². The molecule has 0 spiro atoms. The van der Waals surface area contributed by atoms with E-state index in [0.717, 1.165) is 0 Å². The summed E-state index contributed by atoms with van der Waals surface area (Å²) in [5.74, 6) is -2.45. The molecule has 0 aliphatic heterocycles. The van der Waals surface area contributed by atoms with Crippen LogP contribution in [0.5, 0.6) is 0 Å². The topological polar surface area (TPSA) is 130 Å². The first-order valence-corrected chi connectivity index (χ1v) is 5.40. The van der Waals surface area contributed by atoms with Gasteiger partial charge in [-0.3, -0.25) is 14.4 Å². The predicted molar refractivity (Wildman–Crippen MR) is 59.3 cm³/mol. The van der Waals surface area contributed by atoms with Crippen LogP contribution in [-0.4, -0.2) is 40.6 Å². The highest BCUT2D eigenvalue weighted by molar-refractivity contribution is 5.85. The molecule has 7 heteroatoms. The van der Waals surface area contributed by atoms with Gasteiger partial charge in [-0.15, -0.1) is 0 Å². The van der Waals surface area contributed by atoms with E-state index >= 15 is 0 Å². The molecule has 7 nitrogen and oxygen atoms in total. The van der Waals surface area contributed by atoms with Gasteiger partial charge in [-0.1, -0.05) is 6.42 Å². The van der Waals surface area contributed by atoms with Crippen LogP contribution in [0.15, 0.2) is 0 Å². The Hall–Kier alpha value is -1.63. The summed E-state index contributed by atoms with van der Waals surface area (Å²) >= 11 is 0. The number of amides is 1. The van der Waals surface area contributed by atoms with E-state index in [1.165, 1.54) is 0 Å². The van der Waals surface area contributed by atoms with Gasteiger partial charge >= 0.3 is 11.9 Å². The van der Waals surface area contributed by atoms with Crippen LogP contribution >= 0.6 is 0 Å². The van der Waals surface area contributed by atoms with E-state index in [0.29, 0.717) is 25.8 Å². The Morgan fingerprint density at radius 1 is 1.06 bits per heavy atom. The van der Waals surface area contributed by atoms with Crippen LogP contribution in [0.1, 0.15) is 32.1 Å². The Balaban J connectivity index is 3.51. The van der Waals surface area contributed by atoms with Gasteiger partial charge in [0.15, 0.2) is 0 Å². The molecule has 0 saturated carbocycles. The maximum absolute atomic E-state index is 11.2. The average molecular weight is 246 g/mol. The van der Waals surface area contributed by atoms with E-state index in [1.807, 2.05) is 0 Å². The molecule has 5 N–H and O–H groups in total. The molecule has 0 rings (SSSR count). The second kappa shape index (κ2) is 8.51. The summed E-state index contributed by atoms with van der Waals surface area (Å²) in [4.78, 5) is 31.7. The number of unbranched alkanes of at least 4 members (excludes halogenated alkanes) is 2. The average Bonchev–Trinajstić information content (AvgIpc) is 2.21. The molecule has 0 saturated heterocycles. The van der Waals surface area contributed by atoms with Crippen molar-refractivity contribution < 1.29 is 24.6 Å². The third-order valence-corrected chi connectivity index (χ3v) is 2.10. The minimum Gasteiger partial charge on any atom is -0.481 e. The summed E-state index contributed by atoms with van der Waals surface area (Å²) in [5.41, 5.74) is 5.33. The molecule has 0 aromatic heterocycles. The monoisotopic (exact) mass is 246 g/mol. The molecular weight excluding hydrogens is 228 g/mol. The molecule has 0 aliphatic carbocycles. The second-order valence-corrected chi connectivity index (χ2v) is 3.70. The molecule has 0 aromatic carbocycles. The van der Waals surface area contributed by atoms with Gasteiger partial charge in [-0.05, 0) is 12.8 Å². The fraction of sp³-hybridized carbons (Fsp3) is 0.700. The normalized spacial score (nSPS) is 11.8. The number of carbonyl (C=O) groups is 3. The first kappa shape index (κ1) is 15.4.